The molecule has 0 N–H and O–H groups in total. The molecule has 1 aromatic rings. The van der Waals surface area contributed by atoms with E-state index < -0.39 is 5.67 Å². The maximum Gasteiger partial charge on any atom is 0.150 e. The molecule has 1 nitrogen and oxygen atoms in total. The Kier molecular flexibility index (Phi) is 3.10. The summed E-state index contributed by atoms with van der Waals surface area (Å²) in [5, 5.41) is 0. The van der Waals surface area contributed by atoms with E-state index in [1.54, 1.807) is 36.0 Å². The molecular weight excluding hydrogens is 211 g/mol. The van der Waals surface area contributed by atoms with Gasteiger partial charge in [-0.2, -0.15) is 11.8 Å². The maximum atomic E-state index is 14.4. The average Bonchev–Trinajstić information content (AvgIpc) is 2.30. The number of thioether (sulfide) groups is 1. The lowest BCUT2D eigenvalue weighted by atomic mass is 9.92. The Hall–Kier alpha value is -0.830. The summed E-state index contributed by atoms with van der Waals surface area (Å²) >= 11 is 1.66. The van der Waals surface area contributed by atoms with Crippen molar-refractivity contribution in [2.45, 2.75) is 18.5 Å². The van der Waals surface area contributed by atoms with Crippen LogP contribution >= 0.6 is 11.8 Å². The summed E-state index contributed by atoms with van der Waals surface area (Å²) in [7, 11) is 0. The van der Waals surface area contributed by atoms with Crippen molar-refractivity contribution in [1.29, 1.82) is 0 Å². The zero-order chi connectivity index (χ0) is 10.7. The number of hydrogen-bond donors (Lipinski definition) is 0. The van der Waals surface area contributed by atoms with Gasteiger partial charge >= 0.3 is 0 Å². The number of benzene rings is 1. The molecule has 0 spiro atoms. The molecule has 80 valence electrons. The maximum absolute atomic E-state index is 14.4. The van der Waals surface area contributed by atoms with Crippen molar-refractivity contribution in [3.05, 3.63) is 35.4 Å². The molecule has 0 radical (unpaired) electrons. The van der Waals surface area contributed by atoms with E-state index in [1.807, 2.05) is 0 Å². The van der Waals surface area contributed by atoms with Crippen LogP contribution in [0, 0.1) is 0 Å². The molecule has 15 heavy (non-hydrogen) atoms. The van der Waals surface area contributed by atoms with Crippen molar-refractivity contribution in [3.8, 4) is 0 Å². The predicted octanol–water partition coefficient (Wildman–Crippen LogP) is 3.19. The van der Waals surface area contributed by atoms with Crippen LogP contribution in [0.1, 0.15) is 28.8 Å². The number of aldehydes is 1. The van der Waals surface area contributed by atoms with Gasteiger partial charge in [-0.05, 0) is 24.2 Å². The highest BCUT2D eigenvalue weighted by atomic mass is 32.2. The number of carbonyl (C=O) groups is 1. The van der Waals surface area contributed by atoms with Gasteiger partial charge < -0.3 is 0 Å². The fourth-order valence-electron chi connectivity index (χ4n) is 1.85. The number of alkyl halides is 1. The van der Waals surface area contributed by atoms with Gasteiger partial charge in [-0.1, -0.05) is 24.3 Å². The first-order chi connectivity index (χ1) is 7.24. The van der Waals surface area contributed by atoms with Crippen LogP contribution in [0.2, 0.25) is 0 Å². The molecule has 1 unspecified atom stereocenters. The summed E-state index contributed by atoms with van der Waals surface area (Å²) in [6, 6.07) is 6.83. The van der Waals surface area contributed by atoms with Gasteiger partial charge in [0.05, 0.1) is 0 Å². The van der Waals surface area contributed by atoms with Crippen LogP contribution < -0.4 is 0 Å². The van der Waals surface area contributed by atoms with Crippen LogP contribution in [0.5, 0.6) is 0 Å². The standard InChI is InChI=1S/C12H13FOS/c13-12(6-1-7-15-9-12)11-4-2-10(8-14)3-5-11/h2-5,8H,1,6-7,9H2. The third-order valence-electron chi connectivity index (χ3n) is 2.76. The summed E-state index contributed by atoms with van der Waals surface area (Å²) in [5.74, 6) is 1.59. The molecule has 0 bridgehead atoms. The normalized spacial score (nSPS) is 26.2. The molecule has 0 amide bonds. The molecular formula is C12H13FOS. The van der Waals surface area contributed by atoms with E-state index in [4.69, 9.17) is 0 Å². The number of hydrogen-bond acceptors (Lipinski definition) is 2. The van der Waals surface area contributed by atoms with Crippen LogP contribution in [0.3, 0.4) is 0 Å². The average molecular weight is 224 g/mol. The van der Waals surface area contributed by atoms with Crippen molar-refractivity contribution in [2.75, 3.05) is 11.5 Å². The molecule has 1 fully saturated rings. The third kappa shape index (κ3) is 2.23. The molecule has 1 aliphatic rings. The molecule has 0 aliphatic carbocycles. The topological polar surface area (TPSA) is 17.1 Å². The Morgan fingerprint density at radius 1 is 1.33 bits per heavy atom. The highest BCUT2D eigenvalue weighted by Gasteiger charge is 2.33. The van der Waals surface area contributed by atoms with E-state index in [1.165, 1.54) is 0 Å². The Bertz CT molecular complexity index is 341. The second kappa shape index (κ2) is 4.35. The highest BCUT2D eigenvalue weighted by Crippen LogP contribution is 2.38. The summed E-state index contributed by atoms with van der Waals surface area (Å²) < 4.78 is 14.4. The first kappa shape index (κ1) is 10.7. The monoisotopic (exact) mass is 224 g/mol. The van der Waals surface area contributed by atoms with Crippen molar-refractivity contribution in [2.24, 2.45) is 0 Å². The van der Waals surface area contributed by atoms with Crippen LogP contribution in [0.25, 0.3) is 0 Å². The fraction of sp³-hybridized carbons (Fsp3) is 0.417. The lowest BCUT2D eigenvalue weighted by Gasteiger charge is -2.29. The zero-order valence-corrected chi connectivity index (χ0v) is 9.23. The Morgan fingerprint density at radius 2 is 2.07 bits per heavy atom. The summed E-state index contributed by atoms with van der Waals surface area (Å²) in [6.45, 7) is 0. The molecule has 1 atom stereocenters. The molecule has 3 heteroatoms. The van der Waals surface area contributed by atoms with Crippen molar-refractivity contribution in [3.63, 3.8) is 0 Å². The molecule has 2 rings (SSSR count). The van der Waals surface area contributed by atoms with E-state index in [-0.39, 0.29) is 0 Å². The fourth-order valence-corrected chi connectivity index (χ4v) is 2.98. The van der Waals surface area contributed by atoms with Gasteiger partial charge in [-0.15, -0.1) is 0 Å². The van der Waals surface area contributed by atoms with Crippen LogP contribution in [0.15, 0.2) is 24.3 Å². The summed E-state index contributed by atoms with van der Waals surface area (Å²) in [5.41, 5.74) is 0.121. The molecule has 1 aliphatic heterocycles. The van der Waals surface area contributed by atoms with Gasteiger partial charge in [0, 0.05) is 11.3 Å². The first-order valence-electron chi connectivity index (χ1n) is 5.07. The smallest absolute Gasteiger partial charge is 0.150 e. The van der Waals surface area contributed by atoms with E-state index in [9.17, 15) is 9.18 Å². The van der Waals surface area contributed by atoms with Gasteiger partial charge in [-0.3, -0.25) is 4.79 Å². The first-order valence-corrected chi connectivity index (χ1v) is 6.22. The predicted molar refractivity (Wildman–Crippen MR) is 61.2 cm³/mol. The Labute approximate surface area is 93.1 Å². The number of halogens is 1. The Balaban J connectivity index is 2.23. The van der Waals surface area contributed by atoms with Gasteiger partial charge in [0.2, 0.25) is 0 Å². The van der Waals surface area contributed by atoms with E-state index in [0.717, 1.165) is 18.5 Å². The van der Waals surface area contributed by atoms with Crippen LogP contribution in [0.4, 0.5) is 4.39 Å². The van der Waals surface area contributed by atoms with Crippen molar-refractivity contribution < 1.29 is 9.18 Å². The largest absolute Gasteiger partial charge is 0.298 e. The lowest BCUT2D eigenvalue weighted by Crippen LogP contribution is -2.27. The highest BCUT2D eigenvalue weighted by molar-refractivity contribution is 7.99. The third-order valence-corrected chi connectivity index (χ3v) is 4.00. The molecule has 1 heterocycles. The minimum atomic E-state index is -1.19. The van der Waals surface area contributed by atoms with Crippen LogP contribution in [-0.2, 0) is 5.67 Å². The zero-order valence-electron chi connectivity index (χ0n) is 8.41. The summed E-state index contributed by atoms with van der Waals surface area (Å²) in [4.78, 5) is 10.5. The van der Waals surface area contributed by atoms with E-state index >= 15 is 0 Å². The SMILES string of the molecule is O=Cc1ccc(C2(F)CCCSC2)cc1. The molecule has 0 aromatic heterocycles. The second-order valence-electron chi connectivity index (χ2n) is 3.86. The van der Waals surface area contributed by atoms with Gasteiger partial charge in [0.15, 0.2) is 0 Å². The summed E-state index contributed by atoms with van der Waals surface area (Å²) in [6.07, 6.45) is 2.31. The van der Waals surface area contributed by atoms with Crippen LogP contribution in [-0.4, -0.2) is 17.8 Å². The molecule has 1 aromatic carbocycles. The second-order valence-corrected chi connectivity index (χ2v) is 4.97. The Morgan fingerprint density at radius 3 is 2.60 bits per heavy atom. The van der Waals surface area contributed by atoms with E-state index in [0.29, 0.717) is 23.3 Å². The quantitative estimate of drug-likeness (QED) is 0.718. The van der Waals surface area contributed by atoms with Gasteiger partial charge in [-0.25, -0.2) is 4.39 Å². The minimum absolute atomic E-state index is 0.535. The van der Waals surface area contributed by atoms with Gasteiger partial charge in [0.1, 0.15) is 12.0 Å². The number of rotatable bonds is 2. The van der Waals surface area contributed by atoms with Gasteiger partial charge in [0.25, 0.3) is 0 Å². The van der Waals surface area contributed by atoms with Crippen molar-refractivity contribution >= 4 is 18.0 Å². The number of carbonyl (C=O) groups excluding carboxylic acids is 1. The van der Waals surface area contributed by atoms with E-state index in [2.05, 4.69) is 0 Å². The molecule has 1 saturated heterocycles. The molecule has 0 saturated carbocycles. The van der Waals surface area contributed by atoms with Crippen molar-refractivity contribution in [1.82, 2.24) is 0 Å². The lowest BCUT2D eigenvalue weighted by molar-refractivity contribution is 0.112. The minimum Gasteiger partial charge on any atom is -0.298 e.